The van der Waals surface area contributed by atoms with Crippen molar-refractivity contribution < 1.29 is 9.53 Å². The molecule has 21 heavy (non-hydrogen) atoms. The molecular weight excluding hydrogens is 268 g/mol. The molecule has 1 heterocycles. The van der Waals surface area contributed by atoms with Crippen LogP contribution in [-0.4, -0.2) is 40.8 Å². The second-order valence-electron chi connectivity index (χ2n) is 4.87. The second kappa shape index (κ2) is 6.78. The van der Waals surface area contributed by atoms with Gasteiger partial charge >= 0.3 is 0 Å². The van der Waals surface area contributed by atoms with Gasteiger partial charge in [-0.3, -0.25) is 9.48 Å². The van der Waals surface area contributed by atoms with E-state index in [2.05, 4.69) is 5.10 Å². The third kappa shape index (κ3) is 4.24. The van der Waals surface area contributed by atoms with Crippen molar-refractivity contribution in [3.63, 3.8) is 0 Å². The Balaban J connectivity index is 1.77. The molecule has 0 unspecified atom stereocenters. The lowest BCUT2D eigenvalue weighted by Crippen LogP contribution is -2.33. The lowest BCUT2D eigenvalue weighted by molar-refractivity contribution is -0.131. The van der Waals surface area contributed by atoms with E-state index in [-0.39, 0.29) is 12.5 Å². The highest BCUT2D eigenvalue weighted by atomic mass is 16.5. The number of anilines is 1. The van der Waals surface area contributed by atoms with Crippen molar-refractivity contribution in [1.82, 2.24) is 14.7 Å². The summed E-state index contributed by atoms with van der Waals surface area (Å²) in [7, 11) is 1.75. The molecule has 1 aromatic heterocycles. The van der Waals surface area contributed by atoms with E-state index in [0.717, 1.165) is 11.3 Å². The number of likely N-dealkylation sites (N-methyl/N-ethyl adjacent to an activating group) is 1. The molecule has 1 aromatic carbocycles. The molecule has 2 aromatic rings. The van der Waals surface area contributed by atoms with Crippen LogP contribution in [0.5, 0.6) is 5.75 Å². The number of para-hydroxylation sites is 1. The number of hydrogen-bond acceptors (Lipinski definition) is 4. The van der Waals surface area contributed by atoms with Crippen molar-refractivity contribution in [2.75, 3.05) is 25.9 Å². The highest BCUT2D eigenvalue weighted by molar-refractivity contribution is 5.75. The normalized spacial score (nSPS) is 10.4. The molecule has 0 aliphatic rings. The summed E-state index contributed by atoms with van der Waals surface area (Å²) in [5, 5.41) is 3.99. The van der Waals surface area contributed by atoms with Crippen LogP contribution in [0.2, 0.25) is 0 Å². The standard InChI is InChI=1S/C15H20N4O2/c1-12-5-3-4-6-13(12)21-10-9-18(2)15(20)11-19-8-7-14(16)17-19/h3-8H,9-11H2,1-2H3,(H2,16,17). The first kappa shape index (κ1) is 14.9. The number of benzene rings is 1. The lowest BCUT2D eigenvalue weighted by Gasteiger charge is -2.18. The van der Waals surface area contributed by atoms with Crippen LogP contribution >= 0.6 is 0 Å². The minimum atomic E-state index is -0.0357. The van der Waals surface area contributed by atoms with Gasteiger partial charge in [0.1, 0.15) is 24.7 Å². The average molecular weight is 288 g/mol. The highest BCUT2D eigenvalue weighted by Crippen LogP contribution is 2.15. The van der Waals surface area contributed by atoms with Gasteiger partial charge in [0.15, 0.2) is 0 Å². The van der Waals surface area contributed by atoms with Crippen LogP contribution in [0.1, 0.15) is 5.56 Å². The van der Waals surface area contributed by atoms with Crippen molar-refractivity contribution in [1.29, 1.82) is 0 Å². The summed E-state index contributed by atoms with van der Waals surface area (Å²) >= 11 is 0. The average Bonchev–Trinajstić information content (AvgIpc) is 2.86. The molecule has 0 fully saturated rings. The fourth-order valence-electron chi connectivity index (χ4n) is 1.86. The highest BCUT2D eigenvalue weighted by Gasteiger charge is 2.10. The van der Waals surface area contributed by atoms with E-state index in [9.17, 15) is 4.79 Å². The molecule has 0 atom stereocenters. The minimum absolute atomic E-state index is 0.0357. The first-order valence-corrected chi connectivity index (χ1v) is 6.77. The summed E-state index contributed by atoms with van der Waals surface area (Å²) in [4.78, 5) is 13.6. The van der Waals surface area contributed by atoms with Gasteiger partial charge < -0.3 is 15.4 Å². The topological polar surface area (TPSA) is 73.4 Å². The number of aryl methyl sites for hydroxylation is 1. The Kier molecular flexibility index (Phi) is 4.81. The summed E-state index contributed by atoms with van der Waals surface area (Å²) in [6, 6.07) is 9.47. The Morgan fingerprint density at radius 3 is 2.81 bits per heavy atom. The predicted octanol–water partition coefficient (Wildman–Crippen LogP) is 1.31. The van der Waals surface area contributed by atoms with Crippen LogP contribution in [0, 0.1) is 6.92 Å². The van der Waals surface area contributed by atoms with Gasteiger partial charge in [-0.1, -0.05) is 18.2 Å². The predicted molar refractivity (Wildman–Crippen MR) is 81.0 cm³/mol. The Labute approximate surface area is 124 Å². The number of ether oxygens (including phenoxy) is 1. The van der Waals surface area contributed by atoms with E-state index in [4.69, 9.17) is 10.5 Å². The zero-order valence-corrected chi connectivity index (χ0v) is 12.3. The van der Waals surface area contributed by atoms with Gasteiger partial charge in [0, 0.05) is 13.2 Å². The number of carbonyl (C=O) groups excluding carboxylic acids is 1. The van der Waals surface area contributed by atoms with E-state index in [1.807, 2.05) is 31.2 Å². The minimum Gasteiger partial charge on any atom is -0.491 e. The largest absolute Gasteiger partial charge is 0.491 e. The molecule has 0 radical (unpaired) electrons. The van der Waals surface area contributed by atoms with E-state index in [0.29, 0.717) is 19.0 Å². The van der Waals surface area contributed by atoms with Crippen molar-refractivity contribution in [3.8, 4) is 5.75 Å². The van der Waals surface area contributed by atoms with Crippen molar-refractivity contribution in [3.05, 3.63) is 42.1 Å². The Hall–Kier alpha value is -2.50. The fourth-order valence-corrected chi connectivity index (χ4v) is 1.86. The smallest absolute Gasteiger partial charge is 0.244 e. The lowest BCUT2D eigenvalue weighted by atomic mass is 10.2. The van der Waals surface area contributed by atoms with Crippen LogP contribution in [0.3, 0.4) is 0 Å². The van der Waals surface area contributed by atoms with Gasteiger partial charge in [0.2, 0.25) is 5.91 Å². The molecule has 2 N–H and O–H groups in total. The van der Waals surface area contributed by atoms with Crippen molar-refractivity contribution >= 4 is 11.7 Å². The quantitative estimate of drug-likeness (QED) is 0.870. The van der Waals surface area contributed by atoms with E-state index < -0.39 is 0 Å². The monoisotopic (exact) mass is 288 g/mol. The van der Waals surface area contributed by atoms with Gasteiger partial charge in [-0.2, -0.15) is 5.10 Å². The van der Waals surface area contributed by atoms with E-state index in [1.54, 1.807) is 24.2 Å². The Morgan fingerprint density at radius 1 is 1.38 bits per heavy atom. The van der Waals surface area contributed by atoms with Gasteiger partial charge in [-0.05, 0) is 24.6 Å². The van der Waals surface area contributed by atoms with E-state index in [1.165, 1.54) is 4.68 Å². The maximum absolute atomic E-state index is 12.0. The molecule has 2 rings (SSSR count). The SMILES string of the molecule is Cc1ccccc1OCCN(C)C(=O)Cn1ccc(N)n1. The summed E-state index contributed by atoms with van der Waals surface area (Å²) in [5.74, 6) is 1.22. The first-order valence-electron chi connectivity index (χ1n) is 6.77. The second-order valence-corrected chi connectivity index (χ2v) is 4.87. The van der Waals surface area contributed by atoms with Crippen LogP contribution in [0.25, 0.3) is 0 Å². The Bertz CT molecular complexity index is 609. The Morgan fingerprint density at radius 2 is 2.14 bits per heavy atom. The van der Waals surface area contributed by atoms with Gasteiger partial charge in [0.05, 0.1) is 6.54 Å². The molecule has 112 valence electrons. The number of carbonyl (C=O) groups is 1. The molecular formula is C15H20N4O2. The maximum atomic E-state index is 12.0. The molecule has 0 saturated heterocycles. The number of nitrogens with zero attached hydrogens (tertiary/aromatic N) is 3. The number of nitrogen functional groups attached to an aromatic ring is 1. The van der Waals surface area contributed by atoms with Gasteiger partial charge in [-0.15, -0.1) is 0 Å². The molecule has 0 bridgehead atoms. The van der Waals surface area contributed by atoms with Gasteiger partial charge in [0.25, 0.3) is 0 Å². The van der Waals surface area contributed by atoms with Crippen LogP contribution < -0.4 is 10.5 Å². The summed E-state index contributed by atoms with van der Waals surface area (Å²) in [6.07, 6.45) is 1.69. The molecule has 0 aliphatic heterocycles. The number of rotatable bonds is 6. The number of amides is 1. The van der Waals surface area contributed by atoms with Crippen LogP contribution in [-0.2, 0) is 11.3 Å². The number of nitrogens with two attached hydrogens (primary N) is 1. The summed E-state index contributed by atoms with van der Waals surface area (Å²) in [6.45, 7) is 3.14. The third-order valence-electron chi connectivity index (χ3n) is 3.16. The molecule has 0 aliphatic carbocycles. The fraction of sp³-hybridized carbons (Fsp3) is 0.333. The van der Waals surface area contributed by atoms with Crippen molar-refractivity contribution in [2.45, 2.75) is 13.5 Å². The van der Waals surface area contributed by atoms with Crippen molar-refractivity contribution in [2.24, 2.45) is 0 Å². The maximum Gasteiger partial charge on any atom is 0.244 e. The number of hydrogen-bond donors (Lipinski definition) is 1. The molecule has 6 heteroatoms. The summed E-state index contributed by atoms with van der Waals surface area (Å²) < 4.78 is 7.20. The van der Waals surface area contributed by atoms with Crippen LogP contribution in [0.4, 0.5) is 5.82 Å². The van der Waals surface area contributed by atoms with E-state index >= 15 is 0 Å². The molecule has 1 amide bonds. The first-order chi connectivity index (χ1) is 10.1. The number of aromatic nitrogens is 2. The zero-order chi connectivity index (χ0) is 15.2. The van der Waals surface area contributed by atoms with Crippen LogP contribution in [0.15, 0.2) is 36.5 Å². The zero-order valence-electron chi connectivity index (χ0n) is 12.3. The summed E-state index contributed by atoms with van der Waals surface area (Å²) in [5.41, 5.74) is 6.59. The third-order valence-corrected chi connectivity index (χ3v) is 3.16. The van der Waals surface area contributed by atoms with Gasteiger partial charge in [-0.25, -0.2) is 0 Å². The molecule has 6 nitrogen and oxygen atoms in total. The molecule has 0 saturated carbocycles. The molecule has 0 spiro atoms.